The minimum atomic E-state index is -0.618. The molecule has 4 aliphatic rings. The van der Waals surface area contributed by atoms with Gasteiger partial charge in [-0.3, -0.25) is 4.79 Å². The fourth-order valence-electron chi connectivity index (χ4n) is 3.99. The topological polar surface area (TPSA) is 55.9 Å². The van der Waals surface area contributed by atoms with E-state index in [-0.39, 0.29) is 29.2 Å². The number of hydrogen-bond acceptors (Lipinski definition) is 4. The Morgan fingerprint density at radius 2 is 2.11 bits per heavy atom. The molecule has 1 saturated heterocycles. The minimum Gasteiger partial charge on any atom is -0.454 e. The molecule has 1 saturated carbocycles. The van der Waals surface area contributed by atoms with Crippen molar-refractivity contribution in [3.05, 3.63) is 23.3 Å². The molecule has 4 heteroatoms. The average Bonchev–Trinajstić information content (AvgIpc) is 3.10. The molecule has 4 atom stereocenters. The van der Waals surface area contributed by atoms with Crippen molar-refractivity contribution in [1.29, 1.82) is 0 Å². The SMILES string of the molecule is CC1=C2C[C@@H]3[C@](C)(C=CC(=O)[C@]34CO4)C[C@@H]2OC1=O. The maximum absolute atomic E-state index is 12.1. The van der Waals surface area contributed by atoms with E-state index >= 15 is 0 Å². The molecule has 2 fully saturated rings. The summed E-state index contributed by atoms with van der Waals surface area (Å²) >= 11 is 0. The van der Waals surface area contributed by atoms with Crippen molar-refractivity contribution in [3.63, 3.8) is 0 Å². The number of carbonyl (C=O) groups excluding carboxylic acids is 2. The Bertz CT molecular complexity index is 567. The molecule has 19 heavy (non-hydrogen) atoms. The molecule has 1 spiro atoms. The fourth-order valence-corrected chi connectivity index (χ4v) is 3.99. The molecule has 2 aliphatic carbocycles. The molecule has 4 rings (SSSR count). The largest absolute Gasteiger partial charge is 0.454 e. The van der Waals surface area contributed by atoms with Crippen LogP contribution in [0.5, 0.6) is 0 Å². The Morgan fingerprint density at radius 3 is 2.79 bits per heavy atom. The van der Waals surface area contributed by atoms with E-state index in [1.807, 2.05) is 13.0 Å². The summed E-state index contributed by atoms with van der Waals surface area (Å²) in [4.78, 5) is 23.8. The van der Waals surface area contributed by atoms with Gasteiger partial charge in [0.05, 0.1) is 6.61 Å². The smallest absolute Gasteiger partial charge is 0.334 e. The van der Waals surface area contributed by atoms with E-state index in [1.54, 1.807) is 6.08 Å². The van der Waals surface area contributed by atoms with Crippen LogP contribution in [0.1, 0.15) is 26.7 Å². The first-order valence-electron chi connectivity index (χ1n) is 6.74. The van der Waals surface area contributed by atoms with Crippen LogP contribution in [0.4, 0.5) is 0 Å². The van der Waals surface area contributed by atoms with E-state index in [9.17, 15) is 9.59 Å². The summed E-state index contributed by atoms with van der Waals surface area (Å²) in [6.45, 7) is 4.48. The summed E-state index contributed by atoms with van der Waals surface area (Å²) in [7, 11) is 0. The van der Waals surface area contributed by atoms with Gasteiger partial charge >= 0.3 is 5.97 Å². The van der Waals surface area contributed by atoms with Crippen LogP contribution in [-0.2, 0) is 19.1 Å². The zero-order chi connectivity index (χ0) is 13.4. The predicted molar refractivity (Wildman–Crippen MR) is 66.2 cm³/mol. The van der Waals surface area contributed by atoms with Gasteiger partial charge in [0.2, 0.25) is 0 Å². The van der Waals surface area contributed by atoms with Crippen molar-refractivity contribution in [1.82, 2.24) is 0 Å². The molecule has 100 valence electrons. The number of allylic oxidation sites excluding steroid dienone is 1. The second kappa shape index (κ2) is 3.18. The Morgan fingerprint density at radius 1 is 1.37 bits per heavy atom. The third-order valence-electron chi connectivity index (χ3n) is 5.32. The first-order chi connectivity index (χ1) is 8.96. The summed E-state index contributed by atoms with van der Waals surface area (Å²) in [5.74, 6) is 0.00781. The van der Waals surface area contributed by atoms with Gasteiger partial charge in [-0.15, -0.1) is 0 Å². The van der Waals surface area contributed by atoms with Crippen molar-refractivity contribution < 1.29 is 19.1 Å². The first kappa shape index (κ1) is 11.4. The van der Waals surface area contributed by atoms with Crippen molar-refractivity contribution in [2.45, 2.75) is 38.4 Å². The van der Waals surface area contributed by atoms with Crippen LogP contribution in [0.2, 0.25) is 0 Å². The maximum atomic E-state index is 12.1. The lowest BCUT2D eigenvalue weighted by atomic mass is 9.57. The number of hydrogen-bond donors (Lipinski definition) is 0. The molecular weight excluding hydrogens is 244 g/mol. The fraction of sp³-hybridized carbons (Fsp3) is 0.600. The molecule has 2 heterocycles. The zero-order valence-corrected chi connectivity index (χ0v) is 11.1. The van der Waals surface area contributed by atoms with Gasteiger partial charge in [-0.25, -0.2) is 4.79 Å². The molecule has 0 radical (unpaired) electrons. The highest BCUT2D eigenvalue weighted by Crippen LogP contribution is 2.58. The number of ketones is 1. The molecule has 0 amide bonds. The quantitative estimate of drug-likeness (QED) is 0.490. The first-order valence-corrected chi connectivity index (χ1v) is 6.74. The number of carbonyl (C=O) groups is 2. The molecule has 4 nitrogen and oxygen atoms in total. The third kappa shape index (κ3) is 1.27. The maximum Gasteiger partial charge on any atom is 0.334 e. The molecule has 0 aromatic carbocycles. The van der Waals surface area contributed by atoms with Crippen LogP contribution >= 0.6 is 0 Å². The normalized spacial score (nSPS) is 47.3. The molecule has 0 bridgehead atoms. The van der Waals surface area contributed by atoms with Crippen molar-refractivity contribution in [2.75, 3.05) is 6.61 Å². The highest BCUT2D eigenvalue weighted by atomic mass is 16.6. The molecule has 0 aromatic rings. The van der Waals surface area contributed by atoms with Gasteiger partial charge < -0.3 is 9.47 Å². The lowest BCUT2D eigenvalue weighted by Crippen LogP contribution is -2.50. The zero-order valence-electron chi connectivity index (χ0n) is 11.1. The predicted octanol–water partition coefficient (Wildman–Crippen LogP) is 1.55. The molecule has 0 unspecified atom stereocenters. The monoisotopic (exact) mass is 260 g/mol. The second-order valence-electron chi connectivity index (χ2n) is 6.39. The standard InChI is InChI=1S/C15H16O4/c1-8-9-5-11-14(2,6-10(9)19-13(8)17)4-3-12(16)15(11)7-18-15/h3-4,10-11H,5-7H2,1-2H3/t10-,11+,14+,15-/m0/s1. The van der Waals surface area contributed by atoms with E-state index in [1.165, 1.54) is 0 Å². The molecule has 0 aromatic heterocycles. The number of fused-ring (bicyclic) bond motifs is 3. The van der Waals surface area contributed by atoms with E-state index in [2.05, 4.69) is 6.92 Å². The molecule has 0 N–H and O–H groups in total. The van der Waals surface area contributed by atoms with Crippen molar-refractivity contribution >= 4 is 11.8 Å². The average molecular weight is 260 g/mol. The Hall–Kier alpha value is -1.42. The van der Waals surface area contributed by atoms with Crippen molar-refractivity contribution in [3.8, 4) is 0 Å². The molecular formula is C15H16O4. The lowest BCUT2D eigenvalue weighted by molar-refractivity contribution is -0.142. The highest BCUT2D eigenvalue weighted by Gasteiger charge is 2.65. The van der Waals surface area contributed by atoms with E-state index in [0.29, 0.717) is 6.61 Å². The summed E-state index contributed by atoms with van der Waals surface area (Å²) in [5.41, 5.74) is 1.06. The minimum absolute atomic E-state index is 0.0805. The van der Waals surface area contributed by atoms with Gasteiger partial charge in [-0.05, 0) is 36.8 Å². The Kier molecular flexibility index (Phi) is 1.91. The number of ether oxygens (including phenoxy) is 2. The van der Waals surface area contributed by atoms with Crippen LogP contribution in [-0.4, -0.2) is 30.1 Å². The number of epoxide rings is 1. The van der Waals surface area contributed by atoms with Gasteiger partial charge in [0.25, 0.3) is 0 Å². The summed E-state index contributed by atoms with van der Waals surface area (Å²) in [5, 5.41) is 0. The summed E-state index contributed by atoms with van der Waals surface area (Å²) in [6.07, 6.45) is 5.02. The van der Waals surface area contributed by atoms with Crippen LogP contribution in [0.15, 0.2) is 23.3 Å². The number of esters is 1. The van der Waals surface area contributed by atoms with E-state index < -0.39 is 5.60 Å². The second-order valence-corrected chi connectivity index (χ2v) is 6.39. The Labute approximate surface area is 111 Å². The highest BCUT2D eigenvalue weighted by molar-refractivity contribution is 6.01. The van der Waals surface area contributed by atoms with Crippen LogP contribution in [0.25, 0.3) is 0 Å². The van der Waals surface area contributed by atoms with Crippen molar-refractivity contribution in [2.24, 2.45) is 11.3 Å². The van der Waals surface area contributed by atoms with Crippen LogP contribution < -0.4 is 0 Å². The van der Waals surface area contributed by atoms with Crippen LogP contribution in [0.3, 0.4) is 0 Å². The van der Waals surface area contributed by atoms with Gasteiger partial charge in [-0.1, -0.05) is 13.0 Å². The lowest BCUT2D eigenvalue weighted by Gasteiger charge is -2.46. The molecule has 2 aliphatic heterocycles. The Balaban J connectivity index is 1.80. The third-order valence-corrected chi connectivity index (χ3v) is 5.32. The van der Waals surface area contributed by atoms with Gasteiger partial charge in [-0.2, -0.15) is 0 Å². The summed E-state index contributed by atoms with van der Waals surface area (Å²) in [6, 6.07) is 0. The van der Waals surface area contributed by atoms with E-state index in [4.69, 9.17) is 9.47 Å². The summed E-state index contributed by atoms with van der Waals surface area (Å²) < 4.78 is 11.0. The van der Waals surface area contributed by atoms with Gasteiger partial charge in [0.15, 0.2) is 11.4 Å². The van der Waals surface area contributed by atoms with E-state index in [0.717, 1.165) is 24.0 Å². The van der Waals surface area contributed by atoms with Gasteiger partial charge in [0, 0.05) is 11.5 Å². The van der Waals surface area contributed by atoms with Crippen LogP contribution in [0, 0.1) is 11.3 Å². The number of rotatable bonds is 0. The van der Waals surface area contributed by atoms with Gasteiger partial charge in [0.1, 0.15) is 6.10 Å².